The average molecular weight is 528 g/mol. The number of hydrogen-bond acceptors (Lipinski definition) is 5. The normalized spacial score (nSPS) is 25.9. The Morgan fingerprint density at radius 1 is 1.18 bits per heavy atom. The number of rotatable bonds is 8. The van der Waals surface area contributed by atoms with E-state index in [1.165, 1.54) is 12.1 Å². The number of hydrogen-bond donors (Lipinski definition) is 4. The predicted octanol–water partition coefficient (Wildman–Crippen LogP) is 2.43. The van der Waals surface area contributed by atoms with Crippen molar-refractivity contribution >= 4 is 28.7 Å². The van der Waals surface area contributed by atoms with Crippen LogP contribution in [-0.4, -0.2) is 88.5 Å². The lowest BCUT2D eigenvalue weighted by Gasteiger charge is -2.36. The van der Waals surface area contributed by atoms with Crippen LogP contribution in [0.2, 0.25) is 0 Å². The largest absolute Gasteiger partial charge is 0.480 e. The minimum absolute atomic E-state index is 0.0749. The molecule has 3 heterocycles. The lowest BCUT2D eigenvalue weighted by Crippen LogP contribution is -2.57. The van der Waals surface area contributed by atoms with Crippen LogP contribution in [0.1, 0.15) is 56.9 Å². The number of benzene rings is 1. The van der Waals surface area contributed by atoms with Gasteiger partial charge in [0.05, 0.1) is 18.6 Å². The molecule has 5 atom stereocenters. The van der Waals surface area contributed by atoms with Crippen molar-refractivity contribution in [2.45, 2.75) is 75.5 Å². The van der Waals surface area contributed by atoms with E-state index >= 15 is 0 Å². The van der Waals surface area contributed by atoms with E-state index in [1.807, 2.05) is 16.0 Å². The maximum absolute atomic E-state index is 14.3. The maximum atomic E-state index is 14.3. The summed E-state index contributed by atoms with van der Waals surface area (Å²) in [6.07, 6.45) is 7.56. The number of amides is 2. The third kappa shape index (κ3) is 5.03. The summed E-state index contributed by atoms with van der Waals surface area (Å²) < 4.78 is 13.9. The summed E-state index contributed by atoms with van der Waals surface area (Å²) in [6.45, 7) is 2.69. The van der Waals surface area contributed by atoms with Crippen molar-refractivity contribution in [2.75, 3.05) is 26.7 Å². The molecule has 1 aromatic carbocycles. The minimum atomic E-state index is -0.899. The van der Waals surface area contributed by atoms with Crippen LogP contribution in [0.3, 0.4) is 0 Å². The fourth-order valence-corrected chi connectivity index (χ4v) is 6.94. The van der Waals surface area contributed by atoms with Crippen LogP contribution in [0.25, 0.3) is 10.9 Å². The number of carbonyl (C=O) groups is 3. The van der Waals surface area contributed by atoms with Crippen molar-refractivity contribution in [1.82, 2.24) is 25.4 Å². The van der Waals surface area contributed by atoms with E-state index in [0.717, 1.165) is 43.1 Å². The molecule has 1 aliphatic carbocycles. The maximum Gasteiger partial charge on any atom is 0.317 e. The van der Waals surface area contributed by atoms with E-state index in [1.54, 1.807) is 20.0 Å². The summed E-state index contributed by atoms with van der Waals surface area (Å²) in [6, 6.07) is 3.28. The Kier molecular flexibility index (Phi) is 7.72. The molecule has 1 aromatic heterocycles. The van der Waals surface area contributed by atoms with Crippen LogP contribution in [0.4, 0.5) is 4.39 Å². The third-order valence-corrected chi connectivity index (χ3v) is 8.94. The van der Waals surface area contributed by atoms with Crippen LogP contribution in [0.5, 0.6) is 0 Å². The van der Waals surface area contributed by atoms with E-state index < -0.39 is 18.1 Å². The van der Waals surface area contributed by atoms with Crippen LogP contribution in [0, 0.1) is 11.7 Å². The first-order valence-corrected chi connectivity index (χ1v) is 13.8. The average Bonchev–Trinajstić information content (AvgIpc) is 3.61. The molecule has 0 radical (unpaired) electrons. The molecule has 2 amide bonds. The smallest absolute Gasteiger partial charge is 0.317 e. The molecule has 5 rings (SSSR count). The van der Waals surface area contributed by atoms with Gasteiger partial charge in [-0.25, -0.2) is 4.39 Å². The fraction of sp³-hybridized carbons (Fsp3) is 0.607. The van der Waals surface area contributed by atoms with Crippen LogP contribution in [0.15, 0.2) is 24.4 Å². The molecule has 38 heavy (non-hydrogen) atoms. The Morgan fingerprint density at radius 2 is 1.95 bits per heavy atom. The second-order valence-electron chi connectivity index (χ2n) is 11.1. The number of nitrogens with zero attached hydrogens (tertiary/aromatic N) is 2. The molecule has 1 saturated carbocycles. The molecule has 206 valence electrons. The second kappa shape index (κ2) is 11.0. The van der Waals surface area contributed by atoms with Gasteiger partial charge in [0, 0.05) is 42.1 Å². The number of H-pyrrole nitrogens is 1. The predicted molar refractivity (Wildman–Crippen MR) is 141 cm³/mol. The molecule has 4 N–H and O–H groups in total. The van der Waals surface area contributed by atoms with Crippen molar-refractivity contribution < 1.29 is 23.9 Å². The molecule has 3 fully saturated rings. The monoisotopic (exact) mass is 527 g/mol. The molecule has 2 saturated heterocycles. The molecule has 5 unspecified atom stereocenters. The zero-order chi connectivity index (χ0) is 27.0. The number of nitrogens with one attached hydrogen (secondary N) is 3. The van der Waals surface area contributed by atoms with E-state index in [0.29, 0.717) is 25.0 Å². The first kappa shape index (κ1) is 26.6. The topological polar surface area (TPSA) is 118 Å². The van der Waals surface area contributed by atoms with Gasteiger partial charge in [-0.15, -0.1) is 0 Å². The number of fused-ring (bicyclic) bond motifs is 2. The van der Waals surface area contributed by atoms with Gasteiger partial charge >= 0.3 is 5.97 Å². The molecule has 0 spiro atoms. The summed E-state index contributed by atoms with van der Waals surface area (Å²) in [5.74, 6) is -1.56. The zero-order valence-electron chi connectivity index (χ0n) is 22.1. The van der Waals surface area contributed by atoms with E-state index in [-0.39, 0.29) is 48.1 Å². The third-order valence-electron chi connectivity index (χ3n) is 8.94. The number of carboxylic acids is 1. The Bertz CT molecular complexity index is 1200. The highest BCUT2D eigenvalue weighted by atomic mass is 19.1. The molecule has 9 nitrogen and oxygen atoms in total. The first-order chi connectivity index (χ1) is 18.3. The van der Waals surface area contributed by atoms with E-state index in [9.17, 15) is 23.9 Å². The highest BCUT2D eigenvalue weighted by Gasteiger charge is 2.52. The zero-order valence-corrected chi connectivity index (χ0v) is 22.1. The van der Waals surface area contributed by atoms with Gasteiger partial charge in [0.2, 0.25) is 11.8 Å². The molecule has 2 aliphatic heterocycles. The summed E-state index contributed by atoms with van der Waals surface area (Å²) in [7, 11) is 1.72. The Labute approximate surface area is 222 Å². The highest BCUT2D eigenvalue weighted by molar-refractivity contribution is 5.90. The molecule has 3 aliphatic rings. The summed E-state index contributed by atoms with van der Waals surface area (Å²) >= 11 is 0. The van der Waals surface area contributed by atoms with Crippen LogP contribution >= 0.6 is 0 Å². The molecular weight excluding hydrogens is 489 g/mol. The Morgan fingerprint density at radius 3 is 2.66 bits per heavy atom. The Balaban J connectivity index is 1.48. The summed E-state index contributed by atoms with van der Waals surface area (Å²) in [5.41, 5.74) is 1.64. The van der Waals surface area contributed by atoms with Gasteiger partial charge in [-0.05, 0) is 62.9 Å². The van der Waals surface area contributed by atoms with Crippen LogP contribution in [-0.2, 0) is 14.4 Å². The second-order valence-corrected chi connectivity index (χ2v) is 11.1. The highest BCUT2D eigenvalue weighted by Crippen LogP contribution is 2.43. The van der Waals surface area contributed by atoms with Crippen molar-refractivity contribution in [1.29, 1.82) is 0 Å². The molecule has 0 bridgehead atoms. The molecule has 10 heteroatoms. The van der Waals surface area contributed by atoms with Crippen molar-refractivity contribution in [3.05, 3.63) is 35.8 Å². The summed E-state index contributed by atoms with van der Waals surface area (Å²) in [4.78, 5) is 45.9. The van der Waals surface area contributed by atoms with Crippen molar-refractivity contribution in [2.24, 2.45) is 5.92 Å². The SMILES string of the molecule is CNC(C)C(=O)NC(C(=O)N1CCC2C1C(c1c[nH]c3cc(F)ccc13)CN2CC(=O)O)C1CCCCC1. The first-order valence-electron chi connectivity index (χ1n) is 13.8. The summed E-state index contributed by atoms with van der Waals surface area (Å²) in [5, 5.41) is 16.5. The number of carboxylic acid groups (broad SMARTS) is 1. The van der Waals surface area contributed by atoms with Gasteiger partial charge in [-0.1, -0.05) is 19.3 Å². The number of aromatic nitrogens is 1. The number of aliphatic carboxylic acids is 1. The molecule has 2 aromatic rings. The van der Waals surface area contributed by atoms with Gasteiger partial charge in [0.15, 0.2) is 0 Å². The number of aromatic amines is 1. The fourth-order valence-electron chi connectivity index (χ4n) is 6.94. The van der Waals surface area contributed by atoms with Gasteiger partial charge in [0.1, 0.15) is 11.9 Å². The Hall–Kier alpha value is -2.98. The van der Waals surface area contributed by atoms with E-state index in [2.05, 4.69) is 15.6 Å². The minimum Gasteiger partial charge on any atom is -0.480 e. The standard InChI is InChI=1S/C28H38FN5O4/c1-16(30-2)27(37)32-25(17-6-4-3-5-7-17)28(38)34-11-10-23-26(34)21(14-33(23)15-24(35)36)20-13-31-22-12-18(29)8-9-19(20)22/h8-9,12-13,16-17,21,23,25-26,30-31H,3-7,10-11,14-15H2,1-2H3,(H,32,37)(H,35,36). The lowest BCUT2D eigenvalue weighted by molar-refractivity contribution is -0.139. The number of carbonyl (C=O) groups excluding carboxylic acids is 2. The van der Waals surface area contributed by atoms with Crippen LogP contribution < -0.4 is 10.6 Å². The lowest BCUT2D eigenvalue weighted by atomic mass is 9.82. The van der Waals surface area contributed by atoms with Gasteiger partial charge in [-0.2, -0.15) is 0 Å². The van der Waals surface area contributed by atoms with E-state index in [4.69, 9.17) is 0 Å². The van der Waals surface area contributed by atoms with Gasteiger partial charge in [0.25, 0.3) is 0 Å². The van der Waals surface area contributed by atoms with Crippen molar-refractivity contribution in [3.8, 4) is 0 Å². The van der Waals surface area contributed by atoms with Gasteiger partial charge in [-0.3, -0.25) is 19.3 Å². The van der Waals surface area contributed by atoms with Gasteiger partial charge < -0.3 is 25.6 Å². The van der Waals surface area contributed by atoms with Crippen molar-refractivity contribution in [3.63, 3.8) is 0 Å². The quantitative estimate of drug-likeness (QED) is 0.419. The number of likely N-dealkylation sites (N-methyl/N-ethyl adjacent to an activating group) is 1. The molecular formula is C28H38FN5O4. The number of halogens is 1. The number of likely N-dealkylation sites (tertiary alicyclic amines) is 2.